The number of ether oxygens (including phenoxy) is 2. The lowest BCUT2D eigenvalue weighted by atomic mass is 9.49. The van der Waals surface area contributed by atoms with E-state index in [4.69, 9.17) is 9.47 Å². The number of piperidine rings is 1. The number of hydrogen-bond acceptors (Lipinski definition) is 5. The van der Waals surface area contributed by atoms with Gasteiger partial charge in [0.15, 0.2) is 23.4 Å². The standard InChI is InChI=1S/C24H31NO4/c1-2-3-12-28-18-7-6-16-13-19-24(27)9-8-17(26)22-23(24,20(16)21(18)29-22)10-11-25(19)14-15-4-5-15/h6-7,15,19,22,27H,2-5,8-14H2,1H3/t19-,22+,23+,24-/m1/s1. The Kier molecular flexibility index (Phi) is 3.90. The fourth-order valence-electron chi connectivity index (χ4n) is 6.69. The number of likely N-dealkylation sites (tertiary alicyclic amines) is 1. The number of carbonyl (C=O) groups excluding carboxylic acids is 1. The maximum absolute atomic E-state index is 13.0. The van der Waals surface area contributed by atoms with E-state index in [0.717, 1.165) is 61.8 Å². The maximum atomic E-state index is 13.0. The third kappa shape index (κ3) is 2.32. The van der Waals surface area contributed by atoms with Crippen molar-refractivity contribution >= 4 is 5.78 Å². The number of nitrogens with zero attached hydrogens (tertiary/aromatic N) is 1. The maximum Gasteiger partial charge on any atom is 0.174 e. The van der Waals surface area contributed by atoms with Crippen molar-refractivity contribution in [1.29, 1.82) is 0 Å². The van der Waals surface area contributed by atoms with Crippen molar-refractivity contribution in [3.05, 3.63) is 23.3 Å². The van der Waals surface area contributed by atoms with Gasteiger partial charge < -0.3 is 14.6 Å². The van der Waals surface area contributed by atoms with E-state index in [9.17, 15) is 9.90 Å². The molecule has 2 saturated carbocycles. The molecule has 0 aromatic heterocycles. The highest BCUT2D eigenvalue weighted by Crippen LogP contribution is 2.65. The Hall–Kier alpha value is -1.59. The Labute approximate surface area is 172 Å². The molecular weight excluding hydrogens is 366 g/mol. The van der Waals surface area contributed by atoms with Crippen LogP contribution in [0.5, 0.6) is 11.5 Å². The Bertz CT molecular complexity index is 865. The van der Waals surface area contributed by atoms with Crippen LogP contribution in [0.2, 0.25) is 0 Å². The van der Waals surface area contributed by atoms with E-state index in [1.165, 1.54) is 18.4 Å². The highest BCUT2D eigenvalue weighted by atomic mass is 16.5. The van der Waals surface area contributed by atoms with Crippen molar-refractivity contribution in [2.45, 2.75) is 81.5 Å². The summed E-state index contributed by atoms with van der Waals surface area (Å²) in [5.41, 5.74) is 0.851. The summed E-state index contributed by atoms with van der Waals surface area (Å²) in [7, 11) is 0. The number of hydrogen-bond donors (Lipinski definition) is 1. The molecule has 2 bridgehead atoms. The van der Waals surface area contributed by atoms with E-state index in [1.54, 1.807) is 0 Å². The molecule has 29 heavy (non-hydrogen) atoms. The van der Waals surface area contributed by atoms with Crippen LogP contribution in [0, 0.1) is 5.92 Å². The summed E-state index contributed by atoms with van der Waals surface area (Å²) < 4.78 is 12.5. The molecule has 6 rings (SSSR count). The van der Waals surface area contributed by atoms with E-state index < -0.39 is 17.1 Å². The number of unbranched alkanes of at least 4 members (excludes halogenated alkanes) is 1. The number of benzene rings is 1. The van der Waals surface area contributed by atoms with E-state index >= 15 is 0 Å². The van der Waals surface area contributed by atoms with Crippen LogP contribution >= 0.6 is 0 Å². The van der Waals surface area contributed by atoms with Crippen molar-refractivity contribution in [3.8, 4) is 11.5 Å². The molecule has 1 spiro atoms. The third-order valence-corrected chi connectivity index (χ3v) is 8.30. The zero-order valence-electron chi connectivity index (χ0n) is 17.3. The first kappa shape index (κ1) is 18.2. The minimum absolute atomic E-state index is 0.0846. The molecule has 0 amide bonds. The molecule has 1 saturated heterocycles. The average molecular weight is 398 g/mol. The van der Waals surface area contributed by atoms with E-state index in [0.29, 0.717) is 19.4 Å². The van der Waals surface area contributed by atoms with Crippen LogP contribution in [-0.2, 0) is 16.6 Å². The molecule has 5 aliphatic rings. The minimum Gasteiger partial charge on any atom is -0.490 e. The summed E-state index contributed by atoms with van der Waals surface area (Å²) >= 11 is 0. The van der Waals surface area contributed by atoms with Gasteiger partial charge in [-0.1, -0.05) is 19.4 Å². The van der Waals surface area contributed by atoms with Crippen molar-refractivity contribution in [3.63, 3.8) is 0 Å². The van der Waals surface area contributed by atoms with Crippen molar-refractivity contribution in [2.75, 3.05) is 19.7 Å². The Morgan fingerprint density at radius 1 is 1.31 bits per heavy atom. The Balaban J connectivity index is 1.47. The lowest BCUT2D eigenvalue weighted by molar-refractivity contribution is -0.188. The molecule has 4 atom stereocenters. The summed E-state index contributed by atoms with van der Waals surface area (Å²) in [4.78, 5) is 15.5. The summed E-state index contributed by atoms with van der Waals surface area (Å²) in [5.74, 6) is 2.42. The van der Waals surface area contributed by atoms with Gasteiger partial charge >= 0.3 is 0 Å². The SMILES string of the molecule is CCCCOc1ccc2c3c1O[C@H]1C(=O)CC[C@@]4(O)[C@@H](C2)N(CC2CC2)CC[C@]314. The summed E-state index contributed by atoms with van der Waals surface area (Å²) in [5, 5.41) is 12.2. The van der Waals surface area contributed by atoms with Gasteiger partial charge in [0.25, 0.3) is 0 Å². The monoisotopic (exact) mass is 397 g/mol. The Morgan fingerprint density at radius 3 is 2.97 bits per heavy atom. The van der Waals surface area contributed by atoms with Gasteiger partial charge in [0.05, 0.1) is 17.6 Å². The zero-order chi connectivity index (χ0) is 19.8. The fourth-order valence-corrected chi connectivity index (χ4v) is 6.69. The first-order valence-electron chi connectivity index (χ1n) is 11.5. The van der Waals surface area contributed by atoms with Crippen molar-refractivity contribution < 1.29 is 19.4 Å². The van der Waals surface area contributed by atoms with Crippen LogP contribution in [0.15, 0.2) is 12.1 Å². The van der Waals surface area contributed by atoms with Gasteiger partial charge in [-0.2, -0.15) is 0 Å². The normalized spacial score (nSPS) is 37.2. The quantitative estimate of drug-likeness (QED) is 0.748. The molecule has 1 N–H and O–H groups in total. The fraction of sp³-hybridized carbons (Fsp3) is 0.708. The first-order chi connectivity index (χ1) is 14.1. The number of ketones is 1. The molecule has 2 heterocycles. The second-order valence-corrected chi connectivity index (χ2v) is 9.90. The molecule has 0 radical (unpaired) electrons. The number of aliphatic hydroxyl groups is 1. The molecule has 2 aliphatic heterocycles. The van der Waals surface area contributed by atoms with Gasteiger partial charge in [0.2, 0.25) is 0 Å². The molecule has 0 unspecified atom stereocenters. The van der Waals surface area contributed by atoms with Crippen molar-refractivity contribution in [1.82, 2.24) is 4.90 Å². The molecule has 3 fully saturated rings. The number of rotatable bonds is 6. The molecule has 3 aliphatic carbocycles. The Morgan fingerprint density at radius 2 is 2.17 bits per heavy atom. The molecule has 1 aromatic carbocycles. The van der Waals surface area contributed by atoms with Crippen LogP contribution in [0.1, 0.15) is 63.0 Å². The topological polar surface area (TPSA) is 59.0 Å². The van der Waals surface area contributed by atoms with Crippen LogP contribution < -0.4 is 9.47 Å². The van der Waals surface area contributed by atoms with Gasteiger partial charge in [-0.05, 0) is 62.6 Å². The predicted molar refractivity (Wildman–Crippen MR) is 109 cm³/mol. The zero-order valence-corrected chi connectivity index (χ0v) is 17.3. The largest absolute Gasteiger partial charge is 0.490 e. The van der Waals surface area contributed by atoms with Crippen LogP contribution in [0.3, 0.4) is 0 Å². The lowest BCUT2D eigenvalue weighted by Crippen LogP contribution is -2.76. The average Bonchev–Trinajstić information content (AvgIpc) is 3.45. The summed E-state index contributed by atoms with van der Waals surface area (Å²) in [6, 6.07) is 4.27. The molecule has 1 aromatic rings. The second kappa shape index (κ2) is 6.21. The number of carbonyl (C=O) groups is 1. The van der Waals surface area contributed by atoms with E-state index in [-0.39, 0.29) is 11.8 Å². The smallest absolute Gasteiger partial charge is 0.174 e. The van der Waals surface area contributed by atoms with Gasteiger partial charge in [-0.25, -0.2) is 0 Å². The van der Waals surface area contributed by atoms with Crippen molar-refractivity contribution in [2.24, 2.45) is 5.92 Å². The van der Waals surface area contributed by atoms with Gasteiger partial charge in [0.1, 0.15) is 0 Å². The van der Waals surface area contributed by atoms with Gasteiger partial charge in [-0.15, -0.1) is 0 Å². The highest BCUT2D eigenvalue weighted by molar-refractivity contribution is 5.90. The van der Waals surface area contributed by atoms with Gasteiger partial charge in [0, 0.05) is 24.6 Å². The lowest BCUT2D eigenvalue weighted by Gasteiger charge is -2.62. The summed E-state index contributed by atoms with van der Waals surface area (Å²) in [6.45, 7) is 4.83. The molecule has 5 nitrogen and oxygen atoms in total. The predicted octanol–water partition coefficient (Wildman–Crippen LogP) is 3.00. The molecule has 156 valence electrons. The second-order valence-electron chi connectivity index (χ2n) is 9.90. The van der Waals surface area contributed by atoms with Crippen LogP contribution in [-0.4, -0.2) is 53.2 Å². The first-order valence-corrected chi connectivity index (χ1v) is 11.5. The molecule has 5 heteroatoms. The highest BCUT2D eigenvalue weighted by Gasteiger charge is 2.73. The number of Topliss-reactive ketones (excluding diaryl/α,β-unsaturated/α-hetero) is 1. The van der Waals surface area contributed by atoms with Crippen LogP contribution in [0.25, 0.3) is 0 Å². The summed E-state index contributed by atoms with van der Waals surface area (Å²) in [6.07, 6.45) is 6.73. The third-order valence-electron chi connectivity index (χ3n) is 8.30. The van der Waals surface area contributed by atoms with E-state index in [2.05, 4.69) is 17.9 Å². The minimum atomic E-state index is -0.890. The molecular formula is C24H31NO4. The van der Waals surface area contributed by atoms with Crippen LogP contribution in [0.4, 0.5) is 0 Å². The van der Waals surface area contributed by atoms with Gasteiger partial charge in [-0.3, -0.25) is 9.69 Å². The van der Waals surface area contributed by atoms with E-state index in [1.807, 2.05) is 6.07 Å².